The van der Waals surface area contributed by atoms with Crippen LogP contribution in [0.5, 0.6) is 0 Å². The van der Waals surface area contributed by atoms with Crippen LogP contribution >= 0.6 is 0 Å². The molecule has 20 heavy (non-hydrogen) atoms. The van der Waals surface area contributed by atoms with Crippen LogP contribution in [0.1, 0.15) is 45.4 Å². The lowest BCUT2D eigenvalue weighted by Gasteiger charge is -2.34. The fraction of sp³-hybridized carbons (Fsp3) is 0.923. The first kappa shape index (κ1) is 15.7. The zero-order chi connectivity index (χ0) is 14.8. The predicted octanol–water partition coefficient (Wildman–Crippen LogP) is 1.20. The highest BCUT2D eigenvalue weighted by atomic mass is 32.2. The van der Waals surface area contributed by atoms with Gasteiger partial charge >= 0.3 is 5.97 Å². The molecule has 2 atom stereocenters. The maximum atomic E-state index is 12.3. The summed E-state index contributed by atoms with van der Waals surface area (Å²) in [4.78, 5) is 10.9. The standard InChI is InChI=1S/C13H24N2O4S/c1-10-4-2-3-5-12(10)14-20(18,19)15-8-6-11(7-9-15)13(16)17/h10-12,14H,2-9H2,1H3,(H,16,17). The molecule has 0 amide bonds. The van der Waals surface area contributed by atoms with E-state index in [1.54, 1.807) is 0 Å². The van der Waals surface area contributed by atoms with Crippen LogP contribution in [0.4, 0.5) is 0 Å². The lowest BCUT2D eigenvalue weighted by atomic mass is 9.87. The molecule has 2 fully saturated rings. The molecule has 2 rings (SSSR count). The molecule has 0 aromatic heterocycles. The highest BCUT2D eigenvalue weighted by molar-refractivity contribution is 7.87. The third kappa shape index (κ3) is 3.71. The van der Waals surface area contributed by atoms with Gasteiger partial charge in [-0.1, -0.05) is 19.8 Å². The Balaban J connectivity index is 1.92. The largest absolute Gasteiger partial charge is 0.481 e. The van der Waals surface area contributed by atoms with Gasteiger partial charge in [-0.25, -0.2) is 0 Å². The second-order valence-electron chi connectivity index (χ2n) is 6.00. The molecule has 2 aliphatic rings. The minimum Gasteiger partial charge on any atom is -0.481 e. The monoisotopic (exact) mass is 304 g/mol. The highest BCUT2D eigenvalue weighted by Gasteiger charge is 2.33. The average molecular weight is 304 g/mol. The van der Waals surface area contributed by atoms with Gasteiger partial charge in [-0.3, -0.25) is 4.79 Å². The Hall–Kier alpha value is -0.660. The average Bonchev–Trinajstić information content (AvgIpc) is 2.41. The van der Waals surface area contributed by atoms with Crippen molar-refractivity contribution in [3.8, 4) is 0 Å². The molecule has 0 radical (unpaired) electrons. The van der Waals surface area contributed by atoms with Crippen molar-refractivity contribution in [2.45, 2.75) is 51.5 Å². The second kappa shape index (κ2) is 6.41. The number of hydrogen-bond donors (Lipinski definition) is 2. The molecule has 1 aliphatic heterocycles. The van der Waals surface area contributed by atoms with E-state index in [0.29, 0.717) is 31.8 Å². The summed E-state index contributed by atoms with van der Waals surface area (Å²) in [6, 6.07) is 0.0194. The molecule has 1 aliphatic carbocycles. The van der Waals surface area contributed by atoms with Crippen LogP contribution in [-0.2, 0) is 15.0 Å². The zero-order valence-electron chi connectivity index (χ0n) is 11.9. The normalized spacial score (nSPS) is 30.2. The van der Waals surface area contributed by atoms with E-state index in [4.69, 9.17) is 5.11 Å². The van der Waals surface area contributed by atoms with Crippen LogP contribution in [0.15, 0.2) is 0 Å². The number of carboxylic acid groups (broad SMARTS) is 1. The predicted molar refractivity (Wildman–Crippen MR) is 75.4 cm³/mol. The Morgan fingerprint density at radius 1 is 1.15 bits per heavy atom. The van der Waals surface area contributed by atoms with Crippen molar-refractivity contribution in [1.29, 1.82) is 0 Å². The van der Waals surface area contributed by atoms with E-state index in [0.717, 1.165) is 19.3 Å². The highest BCUT2D eigenvalue weighted by Crippen LogP contribution is 2.25. The molecule has 0 spiro atoms. The summed E-state index contributed by atoms with van der Waals surface area (Å²) in [7, 11) is -3.47. The second-order valence-corrected chi connectivity index (χ2v) is 7.70. The van der Waals surface area contributed by atoms with Gasteiger partial charge in [-0.05, 0) is 31.6 Å². The third-order valence-electron chi connectivity index (χ3n) is 4.55. The number of piperidine rings is 1. The summed E-state index contributed by atoms with van der Waals surface area (Å²) >= 11 is 0. The van der Waals surface area contributed by atoms with E-state index >= 15 is 0 Å². The van der Waals surface area contributed by atoms with Gasteiger partial charge in [0.15, 0.2) is 0 Å². The van der Waals surface area contributed by atoms with E-state index in [-0.39, 0.29) is 6.04 Å². The van der Waals surface area contributed by atoms with Gasteiger partial charge in [0.25, 0.3) is 10.2 Å². The molecule has 2 unspecified atom stereocenters. The number of nitrogens with zero attached hydrogens (tertiary/aromatic N) is 1. The van der Waals surface area contributed by atoms with Crippen molar-refractivity contribution in [3.63, 3.8) is 0 Å². The SMILES string of the molecule is CC1CCCCC1NS(=O)(=O)N1CCC(C(=O)O)CC1. The van der Waals surface area contributed by atoms with E-state index in [9.17, 15) is 13.2 Å². The van der Waals surface area contributed by atoms with Crippen molar-refractivity contribution in [2.75, 3.05) is 13.1 Å². The molecule has 0 bridgehead atoms. The van der Waals surface area contributed by atoms with Crippen LogP contribution in [0.2, 0.25) is 0 Å². The first-order chi connectivity index (χ1) is 9.40. The van der Waals surface area contributed by atoms with Gasteiger partial charge < -0.3 is 5.11 Å². The van der Waals surface area contributed by atoms with Crippen molar-refractivity contribution < 1.29 is 18.3 Å². The van der Waals surface area contributed by atoms with Crippen LogP contribution in [-0.4, -0.2) is 42.9 Å². The molecule has 6 nitrogen and oxygen atoms in total. The number of rotatable bonds is 4. The number of hydrogen-bond acceptors (Lipinski definition) is 3. The van der Waals surface area contributed by atoms with Gasteiger partial charge in [0, 0.05) is 19.1 Å². The number of nitrogens with one attached hydrogen (secondary N) is 1. The van der Waals surface area contributed by atoms with E-state index < -0.39 is 22.1 Å². The third-order valence-corrected chi connectivity index (χ3v) is 6.20. The minimum absolute atomic E-state index is 0.0194. The van der Waals surface area contributed by atoms with Crippen molar-refractivity contribution in [1.82, 2.24) is 9.03 Å². The van der Waals surface area contributed by atoms with E-state index in [2.05, 4.69) is 11.6 Å². The Morgan fingerprint density at radius 3 is 2.30 bits per heavy atom. The molecule has 116 valence electrons. The van der Waals surface area contributed by atoms with Crippen LogP contribution in [0.3, 0.4) is 0 Å². The Kier molecular flexibility index (Phi) is 5.04. The van der Waals surface area contributed by atoms with Crippen molar-refractivity contribution >= 4 is 16.2 Å². The van der Waals surface area contributed by atoms with E-state index in [1.807, 2.05) is 0 Å². The summed E-state index contributed by atoms with van der Waals surface area (Å²) in [6.07, 6.45) is 5.00. The topological polar surface area (TPSA) is 86.7 Å². The maximum Gasteiger partial charge on any atom is 0.306 e. The first-order valence-electron chi connectivity index (χ1n) is 7.40. The molecule has 0 aromatic carbocycles. The fourth-order valence-corrected chi connectivity index (χ4v) is 4.67. The van der Waals surface area contributed by atoms with E-state index in [1.165, 1.54) is 10.7 Å². The summed E-state index contributed by atoms with van der Waals surface area (Å²) in [5.74, 6) is -0.860. The Bertz CT molecular complexity index is 443. The molecule has 1 saturated carbocycles. The van der Waals surface area contributed by atoms with Crippen LogP contribution in [0, 0.1) is 11.8 Å². The quantitative estimate of drug-likeness (QED) is 0.817. The smallest absolute Gasteiger partial charge is 0.306 e. The summed E-state index contributed by atoms with van der Waals surface area (Å²) in [5, 5.41) is 8.94. The number of carboxylic acids is 1. The maximum absolute atomic E-state index is 12.3. The summed E-state index contributed by atoms with van der Waals surface area (Å²) in [6.45, 7) is 2.68. The van der Waals surface area contributed by atoms with Gasteiger partial charge in [-0.15, -0.1) is 0 Å². The molecule has 7 heteroatoms. The lowest BCUT2D eigenvalue weighted by molar-refractivity contribution is -0.142. The van der Waals surface area contributed by atoms with Crippen molar-refractivity contribution in [3.05, 3.63) is 0 Å². The fourth-order valence-electron chi connectivity index (χ4n) is 3.10. The lowest BCUT2D eigenvalue weighted by Crippen LogP contribution is -2.50. The number of aliphatic carboxylic acids is 1. The molecule has 0 aromatic rings. The molecule has 1 heterocycles. The van der Waals surface area contributed by atoms with Crippen LogP contribution < -0.4 is 4.72 Å². The van der Waals surface area contributed by atoms with Gasteiger partial charge in [-0.2, -0.15) is 17.4 Å². The molecule has 2 N–H and O–H groups in total. The van der Waals surface area contributed by atoms with Gasteiger partial charge in [0.2, 0.25) is 0 Å². The molecule has 1 saturated heterocycles. The van der Waals surface area contributed by atoms with Crippen LogP contribution in [0.25, 0.3) is 0 Å². The summed E-state index contributed by atoms with van der Waals surface area (Å²) in [5.41, 5.74) is 0. The first-order valence-corrected chi connectivity index (χ1v) is 8.84. The van der Waals surface area contributed by atoms with Crippen molar-refractivity contribution in [2.24, 2.45) is 11.8 Å². The molecular formula is C13H24N2O4S. The Labute approximate surface area is 120 Å². The zero-order valence-corrected chi connectivity index (χ0v) is 12.7. The minimum atomic E-state index is -3.47. The van der Waals surface area contributed by atoms with Gasteiger partial charge in [0.05, 0.1) is 5.92 Å². The Morgan fingerprint density at radius 2 is 1.75 bits per heavy atom. The van der Waals surface area contributed by atoms with Gasteiger partial charge in [0.1, 0.15) is 0 Å². The number of carbonyl (C=O) groups is 1. The molecular weight excluding hydrogens is 280 g/mol. The summed E-state index contributed by atoms with van der Waals surface area (Å²) < 4.78 is 28.9.